The van der Waals surface area contributed by atoms with Crippen LogP contribution >= 0.6 is 11.3 Å². The van der Waals surface area contributed by atoms with E-state index in [0.29, 0.717) is 6.54 Å². The number of thiophene rings is 1. The van der Waals surface area contributed by atoms with E-state index in [9.17, 15) is 4.79 Å². The Balaban J connectivity index is 1.66. The number of aromatic nitrogens is 1. The smallest absolute Gasteiger partial charge is 0.262 e. The fourth-order valence-corrected chi connectivity index (χ4v) is 5.36. The Morgan fingerprint density at radius 3 is 2.83 bits per heavy atom. The molecule has 0 bridgehead atoms. The van der Waals surface area contributed by atoms with Crippen molar-refractivity contribution >= 4 is 38.2 Å². The number of para-hydroxylation sites is 1. The minimum Gasteiger partial charge on any atom is -0.376 e. The van der Waals surface area contributed by atoms with Crippen LogP contribution in [0.15, 0.2) is 48.7 Å². The van der Waals surface area contributed by atoms with Crippen molar-refractivity contribution in [1.29, 1.82) is 0 Å². The molecular weight excluding hydrogens is 392 g/mol. The first-order valence-corrected chi connectivity index (χ1v) is 11.2. The number of hydrogen-bond donors (Lipinski definition) is 1. The summed E-state index contributed by atoms with van der Waals surface area (Å²) in [4.78, 5) is 18.7. The molecule has 4 aromatic rings. The molecule has 1 atom stereocenters. The van der Waals surface area contributed by atoms with Crippen LogP contribution in [0.2, 0.25) is 0 Å². The van der Waals surface area contributed by atoms with Gasteiger partial charge in [-0.15, -0.1) is 11.3 Å². The van der Waals surface area contributed by atoms with Crippen molar-refractivity contribution in [2.45, 2.75) is 32.8 Å². The Morgan fingerprint density at radius 2 is 2.03 bits per heavy atom. The molecule has 2 aromatic carbocycles. The summed E-state index contributed by atoms with van der Waals surface area (Å²) in [6.07, 6.45) is 4.10. The predicted molar refractivity (Wildman–Crippen MR) is 123 cm³/mol. The van der Waals surface area contributed by atoms with Crippen molar-refractivity contribution < 1.29 is 9.53 Å². The first kappa shape index (κ1) is 19.2. The van der Waals surface area contributed by atoms with Gasteiger partial charge in [0.1, 0.15) is 4.88 Å². The van der Waals surface area contributed by atoms with Crippen LogP contribution in [0.5, 0.6) is 0 Å². The fraction of sp³-hybridized carbons (Fsp3) is 0.280. The van der Waals surface area contributed by atoms with Crippen LogP contribution in [0.3, 0.4) is 0 Å². The van der Waals surface area contributed by atoms with Crippen LogP contribution in [-0.4, -0.2) is 30.1 Å². The van der Waals surface area contributed by atoms with Crippen LogP contribution in [0, 0.1) is 13.8 Å². The van der Waals surface area contributed by atoms with E-state index in [1.165, 1.54) is 11.1 Å². The maximum atomic E-state index is 13.3. The summed E-state index contributed by atoms with van der Waals surface area (Å²) in [6, 6.07) is 14.5. The molecule has 1 fully saturated rings. The zero-order valence-electron chi connectivity index (χ0n) is 17.2. The van der Waals surface area contributed by atoms with Gasteiger partial charge in [0.25, 0.3) is 5.91 Å². The summed E-state index contributed by atoms with van der Waals surface area (Å²) >= 11 is 1.56. The number of carbonyl (C=O) groups is 1. The van der Waals surface area contributed by atoms with Gasteiger partial charge in [0.2, 0.25) is 0 Å². The Morgan fingerprint density at radius 1 is 1.17 bits per heavy atom. The zero-order chi connectivity index (χ0) is 20.7. The lowest BCUT2D eigenvalue weighted by Gasteiger charge is -2.12. The van der Waals surface area contributed by atoms with E-state index in [2.05, 4.69) is 48.4 Å². The molecule has 152 valence electrons. The van der Waals surface area contributed by atoms with Crippen molar-refractivity contribution in [3.63, 3.8) is 0 Å². The van der Waals surface area contributed by atoms with Gasteiger partial charge in [0.05, 0.1) is 11.6 Å². The summed E-state index contributed by atoms with van der Waals surface area (Å²) in [7, 11) is 0. The monoisotopic (exact) mass is 416 g/mol. The van der Waals surface area contributed by atoms with Crippen LogP contribution in [0.1, 0.15) is 33.6 Å². The van der Waals surface area contributed by atoms with E-state index < -0.39 is 0 Å². The number of fused-ring (bicyclic) bond motifs is 3. The second-order valence-electron chi connectivity index (χ2n) is 7.97. The van der Waals surface area contributed by atoms with Crippen molar-refractivity contribution in [3.05, 3.63) is 64.7 Å². The molecule has 1 saturated heterocycles. The van der Waals surface area contributed by atoms with Crippen LogP contribution < -0.4 is 5.32 Å². The third kappa shape index (κ3) is 3.38. The van der Waals surface area contributed by atoms with E-state index in [1.807, 2.05) is 24.4 Å². The molecule has 1 aliphatic heterocycles. The van der Waals surface area contributed by atoms with E-state index >= 15 is 0 Å². The first-order valence-electron chi connectivity index (χ1n) is 10.4. The van der Waals surface area contributed by atoms with Crippen molar-refractivity contribution in [1.82, 2.24) is 10.3 Å². The number of carbonyl (C=O) groups excluding carboxylic acids is 1. The van der Waals surface area contributed by atoms with Crippen LogP contribution in [0.4, 0.5) is 0 Å². The highest BCUT2D eigenvalue weighted by Gasteiger charge is 2.23. The van der Waals surface area contributed by atoms with Gasteiger partial charge < -0.3 is 10.1 Å². The van der Waals surface area contributed by atoms with E-state index in [1.54, 1.807) is 11.3 Å². The lowest BCUT2D eigenvalue weighted by molar-refractivity contribution is 0.0861. The maximum Gasteiger partial charge on any atom is 0.262 e. The minimum atomic E-state index is -0.0380. The number of hydrogen-bond acceptors (Lipinski definition) is 4. The normalized spacial score (nSPS) is 16.4. The van der Waals surface area contributed by atoms with Crippen LogP contribution in [0.25, 0.3) is 32.1 Å². The van der Waals surface area contributed by atoms with E-state index in [-0.39, 0.29) is 12.0 Å². The molecule has 2 aromatic heterocycles. The van der Waals surface area contributed by atoms with Gasteiger partial charge in [-0.2, -0.15) is 0 Å². The maximum absolute atomic E-state index is 13.3. The molecule has 0 saturated carbocycles. The molecule has 0 radical (unpaired) electrons. The Labute approximate surface area is 179 Å². The average Bonchev–Trinajstić information content (AvgIpc) is 3.42. The number of rotatable bonds is 4. The van der Waals surface area contributed by atoms with Gasteiger partial charge in [-0.1, -0.05) is 36.4 Å². The van der Waals surface area contributed by atoms with Gasteiger partial charge >= 0.3 is 0 Å². The predicted octanol–water partition coefficient (Wildman–Crippen LogP) is 5.64. The number of nitrogens with one attached hydrogen (secondary N) is 1. The molecule has 1 amide bonds. The highest BCUT2D eigenvalue weighted by molar-refractivity contribution is 7.22. The number of aryl methyl sites for hydroxylation is 2. The standard InChI is InChI=1S/C25H24N2O2S/c1-15-9-10-17(12-16(15)2)22-20-14-26-21-8-4-3-7-19(21)23(20)30-24(22)25(28)27-13-18-6-5-11-29-18/h3-4,7-10,12,14,18H,5-6,11,13H2,1-2H3,(H,27,28)/t18-/m0/s1. The molecule has 30 heavy (non-hydrogen) atoms. The zero-order valence-corrected chi connectivity index (χ0v) is 18.0. The molecule has 1 N–H and O–H groups in total. The average molecular weight is 417 g/mol. The third-order valence-corrected chi connectivity index (χ3v) is 7.18. The van der Waals surface area contributed by atoms with Crippen molar-refractivity contribution in [2.75, 3.05) is 13.2 Å². The number of ether oxygens (including phenoxy) is 1. The summed E-state index contributed by atoms with van der Waals surface area (Å²) in [5, 5.41) is 5.23. The molecule has 1 aliphatic rings. The molecule has 0 aliphatic carbocycles. The topological polar surface area (TPSA) is 51.2 Å². The lowest BCUT2D eigenvalue weighted by Crippen LogP contribution is -2.31. The third-order valence-electron chi connectivity index (χ3n) is 5.94. The molecule has 0 unspecified atom stereocenters. The highest BCUT2D eigenvalue weighted by Crippen LogP contribution is 2.41. The number of amides is 1. The van der Waals surface area contributed by atoms with Gasteiger partial charge in [0, 0.05) is 40.4 Å². The molecule has 5 heteroatoms. The Hall–Kier alpha value is -2.76. The highest BCUT2D eigenvalue weighted by atomic mass is 32.1. The fourth-order valence-electron chi connectivity index (χ4n) is 4.12. The Bertz CT molecular complexity index is 1250. The molecule has 4 nitrogen and oxygen atoms in total. The van der Waals surface area contributed by atoms with E-state index in [0.717, 1.165) is 56.4 Å². The minimum absolute atomic E-state index is 0.0380. The molecular formula is C25H24N2O2S. The largest absolute Gasteiger partial charge is 0.376 e. The summed E-state index contributed by atoms with van der Waals surface area (Å²) in [5.41, 5.74) is 5.44. The number of benzene rings is 2. The van der Waals surface area contributed by atoms with Crippen molar-refractivity contribution in [3.8, 4) is 11.1 Å². The van der Waals surface area contributed by atoms with Gasteiger partial charge in [-0.05, 0) is 49.4 Å². The van der Waals surface area contributed by atoms with Crippen LogP contribution in [-0.2, 0) is 4.74 Å². The van der Waals surface area contributed by atoms with Gasteiger partial charge in [-0.25, -0.2) is 0 Å². The quantitative estimate of drug-likeness (QED) is 0.468. The second-order valence-corrected chi connectivity index (χ2v) is 8.99. The summed E-state index contributed by atoms with van der Waals surface area (Å²) in [6.45, 7) is 5.56. The van der Waals surface area contributed by atoms with E-state index in [4.69, 9.17) is 4.74 Å². The Kier molecular flexibility index (Phi) is 5.01. The van der Waals surface area contributed by atoms with Gasteiger partial charge in [-0.3, -0.25) is 9.78 Å². The SMILES string of the molecule is Cc1ccc(-c2c(C(=O)NC[C@@H]3CCCO3)sc3c2cnc2ccccc23)cc1C. The second kappa shape index (κ2) is 7.82. The summed E-state index contributed by atoms with van der Waals surface area (Å²) in [5.74, 6) is -0.0380. The van der Waals surface area contributed by atoms with Crippen molar-refractivity contribution in [2.24, 2.45) is 0 Å². The van der Waals surface area contributed by atoms with Gasteiger partial charge in [0.15, 0.2) is 0 Å². The number of pyridine rings is 1. The summed E-state index contributed by atoms with van der Waals surface area (Å²) < 4.78 is 6.79. The lowest BCUT2D eigenvalue weighted by atomic mass is 9.98. The molecule has 0 spiro atoms. The number of nitrogens with zero attached hydrogens (tertiary/aromatic N) is 1. The molecule has 3 heterocycles. The first-order chi connectivity index (χ1) is 14.6. The molecule has 5 rings (SSSR count).